The number of thiazole rings is 1. The second kappa shape index (κ2) is 6.00. The molecule has 0 atom stereocenters. The number of rotatable bonds is 4. The van der Waals surface area contributed by atoms with Crippen LogP contribution in [0.1, 0.15) is 21.1 Å². The molecule has 0 spiro atoms. The molecule has 1 aliphatic rings. The molecular weight excluding hydrogens is 342 g/mol. The third kappa shape index (κ3) is 3.13. The van der Waals surface area contributed by atoms with Gasteiger partial charge in [-0.05, 0) is 0 Å². The molecule has 0 unspecified atom stereocenters. The summed E-state index contributed by atoms with van der Waals surface area (Å²) < 4.78 is 31.7. The average molecular weight is 357 g/mol. The Hall–Kier alpha value is -1.82. The molecule has 9 nitrogen and oxygen atoms in total. The zero-order chi connectivity index (χ0) is 16.6. The minimum Gasteiger partial charge on any atom is -0.351 e. The number of nitrogens with zero attached hydrogens (tertiary/aromatic N) is 4. The summed E-state index contributed by atoms with van der Waals surface area (Å²) in [6.45, 7) is 0.623. The minimum atomic E-state index is -3.46. The zero-order valence-corrected chi connectivity index (χ0v) is 14.1. The molecule has 124 valence electrons. The Kier molecular flexibility index (Phi) is 4.19. The molecule has 0 fully saturated rings. The van der Waals surface area contributed by atoms with E-state index < -0.39 is 16.1 Å². The van der Waals surface area contributed by atoms with E-state index in [2.05, 4.69) is 15.5 Å². The average Bonchev–Trinajstić information content (AvgIpc) is 3.15. The number of amides is 1. The van der Waals surface area contributed by atoms with Crippen molar-refractivity contribution in [2.75, 3.05) is 26.0 Å². The van der Waals surface area contributed by atoms with Crippen LogP contribution in [0.15, 0.2) is 16.8 Å². The molecule has 11 heteroatoms. The molecular formula is C12H15N5O4S2. The highest BCUT2D eigenvalue weighted by atomic mass is 32.2. The van der Waals surface area contributed by atoms with Crippen LogP contribution in [0.2, 0.25) is 0 Å². The fourth-order valence-corrected chi connectivity index (χ4v) is 4.32. The third-order valence-corrected chi connectivity index (χ3v) is 6.25. The lowest BCUT2D eigenvalue weighted by atomic mass is 10.2. The van der Waals surface area contributed by atoms with Gasteiger partial charge in [-0.25, -0.2) is 4.98 Å². The van der Waals surface area contributed by atoms with Gasteiger partial charge in [-0.2, -0.15) is 17.0 Å². The second-order valence-electron chi connectivity index (χ2n) is 5.09. The highest BCUT2D eigenvalue weighted by molar-refractivity contribution is 7.86. The number of aromatic nitrogens is 2. The molecule has 0 bridgehead atoms. The molecule has 0 aliphatic carbocycles. The predicted molar refractivity (Wildman–Crippen MR) is 83.3 cm³/mol. The van der Waals surface area contributed by atoms with Gasteiger partial charge in [0.15, 0.2) is 5.13 Å². The molecule has 0 aromatic carbocycles. The van der Waals surface area contributed by atoms with Crippen LogP contribution in [0.3, 0.4) is 0 Å². The lowest BCUT2D eigenvalue weighted by molar-refractivity contribution is 0.0988. The van der Waals surface area contributed by atoms with E-state index in [0.717, 1.165) is 10.6 Å². The summed E-state index contributed by atoms with van der Waals surface area (Å²) in [6.07, 6.45) is 1.89. The summed E-state index contributed by atoms with van der Waals surface area (Å²) in [6, 6.07) is 1.45. The van der Waals surface area contributed by atoms with Crippen LogP contribution in [0.25, 0.3) is 0 Å². The Morgan fingerprint density at radius 1 is 1.48 bits per heavy atom. The van der Waals surface area contributed by atoms with Gasteiger partial charge in [-0.3, -0.25) is 10.1 Å². The van der Waals surface area contributed by atoms with E-state index >= 15 is 0 Å². The van der Waals surface area contributed by atoms with E-state index in [9.17, 15) is 13.2 Å². The molecule has 0 saturated heterocycles. The molecule has 2 aromatic heterocycles. The number of anilines is 1. The van der Waals surface area contributed by atoms with Crippen molar-refractivity contribution in [1.82, 2.24) is 18.8 Å². The molecule has 0 saturated carbocycles. The van der Waals surface area contributed by atoms with Gasteiger partial charge < -0.3 is 4.52 Å². The van der Waals surface area contributed by atoms with Crippen molar-refractivity contribution in [2.24, 2.45) is 0 Å². The lowest BCUT2D eigenvalue weighted by Crippen LogP contribution is -2.42. The standard InChI is InChI=1S/C12H15N5O4S2/c1-16(2)23(19,20)17-6-4-8-10(7-17)22-12(14-8)15-11(18)9-3-5-13-21-9/h3,5H,4,6-7H2,1-2H3,(H,14,15,18). The van der Waals surface area contributed by atoms with E-state index in [0.29, 0.717) is 18.1 Å². The summed E-state index contributed by atoms with van der Waals surface area (Å²) in [5.41, 5.74) is 0.813. The van der Waals surface area contributed by atoms with Crippen molar-refractivity contribution >= 4 is 32.6 Å². The van der Waals surface area contributed by atoms with E-state index in [4.69, 9.17) is 4.52 Å². The van der Waals surface area contributed by atoms with Crippen LogP contribution in [-0.4, -0.2) is 53.7 Å². The first-order valence-corrected chi connectivity index (χ1v) is 8.97. The van der Waals surface area contributed by atoms with Gasteiger partial charge in [0.25, 0.3) is 16.1 Å². The van der Waals surface area contributed by atoms with Crippen molar-refractivity contribution < 1.29 is 17.7 Å². The Balaban J connectivity index is 1.75. The van der Waals surface area contributed by atoms with Crippen LogP contribution in [0.4, 0.5) is 5.13 Å². The van der Waals surface area contributed by atoms with Crippen molar-refractivity contribution in [3.8, 4) is 0 Å². The zero-order valence-electron chi connectivity index (χ0n) is 12.5. The van der Waals surface area contributed by atoms with Gasteiger partial charge in [-0.15, -0.1) is 11.3 Å². The van der Waals surface area contributed by atoms with E-state index in [-0.39, 0.29) is 12.3 Å². The molecule has 3 rings (SSSR count). The Morgan fingerprint density at radius 2 is 2.26 bits per heavy atom. The van der Waals surface area contributed by atoms with Gasteiger partial charge in [0.05, 0.1) is 18.4 Å². The molecule has 2 aromatic rings. The maximum absolute atomic E-state index is 12.2. The van der Waals surface area contributed by atoms with Crippen molar-refractivity contribution in [3.05, 3.63) is 28.6 Å². The lowest BCUT2D eigenvalue weighted by Gasteiger charge is -2.27. The van der Waals surface area contributed by atoms with E-state index in [1.54, 1.807) is 0 Å². The maximum Gasteiger partial charge on any atom is 0.296 e. The largest absolute Gasteiger partial charge is 0.351 e. The smallest absolute Gasteiger partial charge is 0.296 e. The van der Waals surface area contributed by atoms with Crippen molar-refractivity contribution in [3.63, 3.8) is 0 Å². The normalized spacial score (nSPS) is 15.6. The number of hydrogen-bond acceptors (Lipinski definition) is 7. The topological polar surface area (TPSA) is 109 Å². The van der Waals surface area contributed by atoms with Gasteiger partial charge in [0.1, 0.15) is 0 Å². The number of hydrogen-bond donors (Lipinski definition) is 1. The first-order chi connectivity index (χ1) is 10.9. The van der Waals surface area contributed by atoms with Crippen molar-refractivity contribution in [1.29, 1.82) is 0 Å². The van der Waals surface area contributed by atoms with Crippen LogP contribution >= 0.6 is 11.3 Å². The second-order valence-corrected chi connectivity index (χ2v) is 8.32. The molecule has 1 N–H and O–H groups in total. The highest BCUT2D eigenvalue weighted by Gasteiger charge is 2.30. The third-order valence-electron chi connectivity index (χ3n) is 3.37. The minimum absolute atomic E-state index is 0.0926. The summed E-state index contributed by atoms with van der Waals surface area (Å²) >= 11 is 1.26. The first-order valence-electron chi connectivity index (χ1n) is 6.76. The quantitative estimate of drug-likeness (QED) is 0.856. The fourth-order valence-electron chi connectivity index (χ4n) is 2.15. The van der Waals surface area contributed by atoms with E-state index in [1.807, 2.05) is 0 Å². The Bertz CT molecular complexity index is 813. The Labute approximate surface area is 137 Å². The van der Waals surface area contributed by atoms with Gasteiger partial charge in [-0.1, -0.05) is 5.16 Å². The summed E-state index contributed by atoms with van der Waals surface area (Å²) in [5, 5.41) is 6.52. The number of fused-ring (bicyclic) bond motifs is 1. The molecule has 23 heavy (non-hydrogen) atoms. The van der Waals surface area contributed by atoms with Crippen LogP contribution in [0.5, 0.6) is 0 Å². The van der Waals surface area contributed by atoms with Gasteiger partial charge >= 0.3 is 0 Å². The Morgan fingerprint density at radius 3 is 2.91 bits per heavy atom. The van der Waals surface area contributed by atoms with E-state index in [1.165, 1.54) is 46.3 Å². The van der Waals surface area contributed by atoms with Gasteiger partial charge in [0, 0.05) is 38.0 Å². The highest BCUT2D eigenvalue weighted by Crippen LogP contribution is 2.30. The number of nitrogens with one attached hydrogen (secondary N) is 1. The molecule has 0 radical (unpaired) electrons. The predicted octanol–water partition coefficient (Wildman–Crippen LogP) is 0.548. The maximum atomic E-state index is 12.2. The first kappa shape index (κ1) is 16.1. The summed E-state index contributed by atoms with van der Waals surface area (Å²) in [7, 11) is -0.456. The summed E-state index contributed by atoms with van der Waals surface area (Å²) in [5.74, 6) is -0.346. The summed E-state index contributed by atoms with van der Waals surface area (Å²) in [4.78, 5) is 17.1. The van der Waals surface area contributed by atoms with Crippen LogP contribution < -0.4 is 5.32 Å². The monoisotopic (exact) mass is 357 g/mol. The van der Waals surface area contributed by atoms with Crippen LogP contribution in [-0.2, 0) is 23.2 Å². The van der Waals surface area contributed by atoms with Gasteiger partial charge in [0.2, 0.25) is 5.76 Å². The van der Waals surface area contributed by atoms with Crippen molar-refractivity contribution in [2.45, 2.75) is 13.0 Å². The molecule has 1 amide bonds. The SMILES string of the molecule is CN(C)S(=O)(=O)N1CCc2nc(NC(=O)c3ccno3)sc2C1. The number of carbonyl (C=O) groups is 1. The fraction of sp³-hybridized carbons (Fsp3) is 0.417. The number of carbonyl (C=O) groups excluding carboxylic acids is 1. The molecule has 1 aliphatic heterocycles. The molecule has 3 heterocycles. The van der Waals surface area contributed by atoms with Crippen LogP contribution in [0, 0.1) is 0 Å².